The molecule has 0 aromatic carbocycles. The molecule has 2 aromatic heterocycles. The van der Waals surface area contributed by atoms with Crippen molar-refractivity contribution in [3.8, 4) is 0 Å². The lowest BCUT2D eigenvalue weighted by Crippen LogP contribution is -2.52. The first-order chi connectivity index (χ1) is 14.0. The zero-order valence-corrected chi connectivity index (χ0v) is 15.8. The number of aromatic nitrogens is 3. The van der Waals surface area contributed by atoms with E-state index in [9.17, 15) is 14.4 Å². The van der Waals surface area contributed by atoms with Crippen molar-refractivity contribution in [2.45, 2.75) is 6.23 Å². The summed E-state index contributed by atoms with van der Waals surface area (Å²) in [4.78, 5) is 53.3. The number of nitrogens with zero attached hydrogens (tertiary/aromatic N) is 6. The fourth-order valence-corrected chi connectivity index (χ4v) is 3.27. The normalized spacial score (nSPS) is 18.6. The van der Waals surface area contributed by atoms with Gasteiger partial charge in [0.15, 0.2) is 5.69 Å². The van der Waals surface area contributed by atoms with Gasteiger partial charge in [-0.2, -0.15) is 0 Å². The first-order valence-corrected chi connectivity index (χ1v) is 9.09. The third kappa shape index (κ3) is 3.51. The highest BCUT2D eigenvalue weighted by atomic mass is 35.5. The number of carbonyl (C=O) groups is 3. The van der Waals surface area contributed by atoms with E-state index in [1.165, 1.54) is 33.3 Å². The monoisotopic (exact) mass is 417 g/mol. The molecule has 2 aromatic rings. The van der Waals surface area contributed by atoms with Crippen LogP contribution in [0.3, 0.4) is 0 Å². The van der Waals surface area contributed by atoms with Crippen LogP contribution in [0.4, 0.5) is 15.4 Å². The van der Waals surface area contributed by atoms with Gasteiger partial charge >= 0.3 is 12.1 Å². The van der Waals surface area contributed by atoms with Crippen molar-refractivity contribution in [2.75, 3.05) is 31.1 Å². The smallest absolute Gasteiger partial charge is 0.412 e. The van der Waals surface area contributed by atoms with Crippen LogP contribution in [0, 0.1) is 0 Å². The number of amides is 4. The Hall–Kier alpha value is -3.47. The van der Waals surface area contributed by atoms with Crippen LogP contribution in [0.15, 0.2) is 30.7 Å². The number of fused-ring (bicyclic) bond motifs is 1. The number of primary amides is 1. The number of ether oxygens (including phenoxy) is 1. The number of piperazine rings is 1. The van der Waals surface area contributed by atoms with Crippen LogP contribution in [0.1, 0.15) is 22.4 Å². The van der Waals surface area contributed by atoms with Crippen molar-refractivity contribution in [1.82, 2.24) is 24.8 Å². The molecule has 4 heterocycles. The van der Waals surface area contributed by atoms with E-state index < -0.39 is 24.3 Å². The molecular weight excluding hydrogens is 402 g/mol. The molecule has 29 heavy (non-hydrogen) atoms. The third-order valence-corrected chi connectivity index (χ3v) is 4.86. The molecule has 0 aliphatic carbocycles. The van der Waals surface area contributed by atoms with Gasteiger partial charge in [-0.25, -0.2) is 24.5 Å². The van der Waals surface area contributed by atoms with E-state index in [4.69, 9.17) is 22.1 Å². The van der Waals surface area contributed by atoms with Gasteiger partial charge in [-0.15, -0.1) is 0 Å². The number of urea groups is 1. The van der Waals surface area contributed by atoms with Gasteiger partial charge in [-0.1, -0.05) is 11.6 Å². The Labute approximate surface area is 170 Å². The highest BCUT2D eigenvalue weighted by molar-refractivity contribution is 6.30. The molecule has 4 amide bonds. The van der Waals surface area contributed by atoms with Crippen LogP contribution in [0.5, 0.6) is 0 Å². The Morgan fingerprint density at radius 2 is 1.76 bits per heavy atom. The first-order valence-electron chi connectivity index (χ1n) is 8.71. The van der Waals surface area contributed by atoms with Crippen molar-refractivity contribution in [3.05, 3.63) is 47.1 Å². The van der Waals surface area contributed by atoms with Crippen LogP contribution < -0.4 is 10.6 Å². The molecule has 1 saturated heterocycles. The number of halogens is 1. The highest BCUT2D eigenvalue weighted by Crippen LogP contribution is 2.35. The third-order valence-electron chi connectivity index (χ3n) is 4.64. The number of rotatable bonds is 2. The summed E-state index contributed by atoms with van der Waals surface area (Å²) in [7, 11) is 0. The molecule has 150 valence electrons. The van der Waals surface area contributed by atoms with E-state index in [1.807, 2.05) is 0 Å². The van der Waals surface area contributed by atoms with Gasteiger partial charge in [0.2, 0.25) is 6.23 Å². The van der Waals surface area contributed by atoms with Crippen LogP contribution in [-0.2, 0) is 4.74 Å². The summed E-state index contributed by atoms with van der Waals surface area (Å²) in [5, 5.41) is 0.398. The average Bonchev–Trinajstić information content (AvgIpc) is 3.01. The number of hydrogen-bond acceptors (Lipinski definition) is 7. The van der Waals surface area contributed by atoms with Crippen molar-refractivity contribution >= 4 is 35.5 Å². The first kappa shape index (κ1) is 18.9. The van der Waals surface area contributed by atoms with E-state index in [2.05, 4.69) is 15.0 Å². The molecule has 4 rings (SSSR count). The summed E-state index contributed by atoms with van der Waals surface area (Å²) in [6.07, 6.45) is 2.41. The zero-order chi connectivity index (χ0) is 20.5. The summed E-state index contributed by atoms with van der Waals surface area (Å²) in [6.45, 7) is 1.11. The van der Waals surface area contributed by atoms with Gasteiger partial charge in [0.05, 0.1) is 5.02 Å². The van der Waals surface area contributed by atoms with E-state index in [-0.39, 0.29) is 30.3 Å². The second-order valence-corrected chi connectivity index (χ2v) is 6.78. The van der Waals surface area contributed by atoms with Gasteiger partial charge < -0.3 is 20.3 Å². The Bertz CT molecular complexity index is 963. The minimum absolute atomic E-state index is 0.0839. The topological polar surface area (TPSA) is 135 Å². The minimum Gasteiger partial charge on any atom is -0.419 e. The second-order valence-electron chi connectivity index (χ2n) is 6.35. The molecule has 0 bridgehead atoms. The fraction of sp³-hybridized carbons (Fsp3) is 0.294. The highest BCUT2D eigenvalue weighted by Gasteiger charge is 2.44. The van der Waals surface area contributed by atoms with Crippen molar-refractivity contribution in [3.63, 3.8) is 0 Å². The Morgan fingerprint density at radius 1 is 1.07 bits per heavy atom. The minimum atomic E-state index is -1.12. The van der Waals surface area contributed by atoms with Crippen molar-refractivity contribution in [2.24, 2.45) is 5.73 Å². The van der Waals surface area contributed by atoms with Gasteiger partial charge in [0.25, 0.3) is 5.91 Å². The number of nitrogens with two attached hydrogens (primary N) is 1. The molecule has 1 atom stereocenters. The summed E-state index contributed by atoms with van der Waals surface area (Å²) in [5.74, 6) is -0.241. The lowest BCUT2D eigenvalue weighted by Gasteiger charge is -2.34. The lowest BCUT2D eigenvalue weighted by molar-refractivity contribution is 0.0485. The summed E-state index contributed by atoms with van der Waals surface area (Å²) in [5.41, 5.74) is 5.56. The Kier molecular flexibility index (Phi) is 4.89. The SMILES string of the molecule is NC(=O)N1CCN(C(=O)O[C@@H]2c3nccnc3C(=O)N2c2ccc(Cl)cn2)CC1. The molecule has 11 nitrogen and oxygen atoms in total. The van der Waals surface area contributed by atoms with Crippen LogP contribution in [0.2, 0.25) is 5.02 Å². The molecule has 1 fully saturated rings. The predicted octanol–water partition coefficient (Wildman–Crippen LogP) is 1.02. The van der Waals surface area contributed by atoms with E-state index in [0.717, 1.165) is 0 Å². The van der Waals surface area contributed by atoms with E-state index in [0.29, 0.717) is 18.1 Å². The average molecular weight is 418 g/mol. The lowest BCUT2D eigenvalue weighted by atomic mass is 10.3. The number of pyridine rings is 1. The molecule has 0 unspecified atom stereocenters. The molecule has 0 saturated carbocycles. The van der Waals surface area contributed by atoms with Crippen LogP contribution in [0.25, 0.3) is 0 Å². The maximum atomic E-state index is 12.9. The summed E-state index contributed by atoms with van der Waals surface area (Å²) in [6, 6.07) is 2.57. The standard InChI is InChI=1S/C17H16ClN7O4/c18-10-1-2-11(22-9-10)25-14(26)12-13(21-4-3-20-12)15(25)29-17(28)24-7-5-23(6-8-24)16(19)27/h1-4,9,15H,5-8H2,(H2,19,27)/t15-/m1/s1. The van der Waals surface area contributed by atoms with Crippen LogP contribution >= 0.6 is 11.6 Å². The van der Waals surface area contributed by atoms with Crippen LogP contribution in [-0.4, -0.2) is 69.0 Å². The maximum absolute atomic E-state index is 12.9. The van der Waals surface area contributed by atoms with E-state index in [1.54, 1.807) is 12.1 Å². The second kappa shape index (κ2) is 7.51. The number of anilines is 1. The van der Waals surface area contributed by atoms with Crippen molar-refractivity contribution < 1.29 is 19.1 Å². The molecule has 12 heteroatoms. The quantitative estimate of drug-likeness (QED) is 0.770. The maximum Gasteiger partial charge on any atom is 0.412 e. The summed E-state index contributed by atoms with van der Waals surface area (Å²) >= 11 is 5.88. The molecule has 0 radical (unpaired) electrons. The van der Waals surface area contributed by atoms with Gasteiger partial charge in [0.1, 0.15) is 11.5 Å². The molecular formula is C17H16ClN7O4. The molecule has 2 aliphatic rings. The van der Waals surface area contributed by atoms with Crippen molar-refractivity contribution in [1.29, 1.82) is 0 Å². The van der Waals surface area contributed by atoms with E-state index >= 15 is 0 Å². The van der Waals surface area contributed by atoms with Gasteiger partial charge in [0, 0.05) is 44.8 Å². The predicted molar refractivity (Wildman–Crippen MR) is 100 cm³/mol. The number of hydrogen-bond donors (Lipinski definition) is 1. The van der Waals surface area contributed by atoms with Gasteiger partial charge in [-0.05, 0) is 12.1 Å². The zero-order valence-electron chi connectivity index (χ0n) is 15.1. The molecule has 2 aliphatic heterocycles. The van der Waals surface area contributed by atoms with Gasteiger partial charge in [-0.3, -0.25) is 9.78 Å². The summed E-state index contributed by atoms with van der Waals surface area (Å²) < 4.78 is 5.62. The fourth-order valence-electron chi connectivity index (χ4n) is 3.16. The molecule has 0 spiro atoms. The molecule has 2 N–H and O–H groups in total. The number of carbonyl (C=O) groups excluding carboxylic acids is 3. The Balaban J connectivity index is 1.58. The Morgan fingerprint density at radius 3 is 2.41 bits per heavy atom. The largest absolute Gasteiger partial charge is 0.419 e.